The molecule has 3 rings (SSSR count). The normalized spacial score (nSPS) is 11.0. The van der Waals surface area contributed by atoms with Gasteiger partial charge in [0.2, 0.25) is 5.13 Å². The van der Waals surface area contributed by atoms with E-state index in [1.807, 2.05) is 53.9 Å². The Morgan fingerprint density at radius 1 is 1.17 bits per heavy atom. The van der Waals surface area contributed by atoms with Crippen molar-refractivity contribution < 1.29 is 4.79 Å². The number of rotatable bonds is 4. The quantitative estimate of drug-likeness (QED) is 0.579. The van der Waals surface area contributed by atoms with Gasteiger partial charge in [-0.15, -0.1) is 21.5 Å². The number of thiophene rings is 1. The van der Waals surface area contributed by atoms with Crippen LogP contribution in [0.1, 0.15) is 5.56 Å². The maximum Gasteiger partial charge on any atom is 0.268 e. The number of carbonyl (C=O) groups is 1. The lowest BCUT2D eigenvalue weighted by Gasteiger charge is -1.99. The summed E-state index contributed by atoms with van der Waals surface area (Å²) in [5, 5.41) is 22.8. The lowest BCUT2D eigenvalue weighted by atomic mass is 10.1. The van der Waals surface area contributed by atoms with Crippen molar-refractivity contribution in [3.63, 3.8) is 0 Å². The van der Waals surface area contributed by atoms with E-state index in [-0.39, 0.29) is 5.57 Å². The van der Waals surface area contributed by atoms with Crippen molar-refractivity contribution in [3.05, 3.63) is 59.0 Å². The van der Waals surface area contributed by atoms with E-state index in [2.05, 4.69) is 15.5 Å². The monoisotopic (exact) mass is 338 g/mol. The molecule has 0 aliphatic heterocycles. The average molecular weight is 338 g/mol. The Morgan fingerprint density at radius 3 is 2.70 bits per heavy atom. The summed E-state index contributed by atoms with van der Waals surface area (Å²) in [5.41, 5.74) is 0.805. The molecule has 0 fully saturated rings. The molecule has 0 unspecified atom stereocenters. The molecule has 0 saturated carbocycles. The summed E-state index contributed by atoms with van der Waals surface area (Å²) in [6.07, 6.45) is 1.54. The summed E-state index contributed by atoms with van der Waals surface area (Å²) in [6, 6.07) is 15.0. The van der Waals surface area contributed by atoms with Crippen molar-refractivity contribution >= 4 is 39.8 Å². The number of carbonyl (C=O) groups excluding carboxylic acids is 1. The smallest absolute Gasteiger partial charge is 0.268 e. The largest absolute Gasteiger partial charge is 0.296 e. The van der Waals surface area contributed by atoms with E-state index < -0.39 is 5.91 Å². The van der Waals surface area contributed by atoms with E-state index >= 15 is 0 Å². The van der Waals surface area contributed by atoms with Crippen LogP contribution in [0.5, 0.6) is 0 Å². The van der Waals surface area contributed by atoms with Crippen molar-refractivity contribution in [1.82, 2.24) is 10.2 Å². The number of nitrogens with zero attached hydrogens (tertiary/aromatic N) is 3. The minimum atomic E-state index is -0.495. The van der Waals surface area contributed by atoms with E-state index in [1.165, 1.54) is 17.4 Å². The zero-order valence-corrected chi connectivity index (χ0v) is 13.4. The lowest BCUT2D eigenvalue weighted by Crippen LogP contribution is -2.13. The number of aromatic nitrogens is 2. The molecule has 0 saturated heterocycles. The van der Waals surface area contributed by atoms with Crippen molar-refractivity contribution in [3.8, 4) is 16.0 Å². The number of benzene rings is 1. The molecule has 1 N–H and O–H groups in total. The third kappa shape index (κ3) is 3.69. The van der Waals surface area contributed by atoms with Crippen LogP contribution < -0.4 is 5.32 Å². The van der Waals surface area contributed by atoms with Crippen LogP contribution in [-0.2, 0) is 4.79 Å². The second-order valence-electron chi connectivity index (χ2n) is 4.42. The molecule has 0 spiro atoms. The first-order valence-corrected chi connectivity index (χ1v) is 8.31. The molecule has 23 heavy (non-hydrogen) atoms. The highest BCUT2D eigenvalue weighted by atomic mass is 32.1. The van der Waals surface area contributed by atoms with Gasteiger partial charge in [0.1, 0.15) is 11.6 Å². The number of hydrogen-bond acceptors (Lipinski definition) is 6. The predicted molar refractivity (Wildman–Crippen MR) is 91.9 cm³/mol. The fourth-order valence-corrected chi connectivity index (χ4v) is 3.33. The molecule has 112 valence electrons. The van der Waals surface area contributed by atoms with Gasteiger partial charge in [-0.05, 0) is 23.1 Å². The zero-order chi connectivity index (χ0) is 16.1. The number of amides is 1. The van der Waals surface area contributed by atoms with E-state index in [0.717, 1.165) is 15.4 Å². The summed E-state index contributed by atoms with van der Waals surface area (Å²) in [6.45, 7) is 0. The highest BCUT2D eigenvalue weighted by Crippen LogP contribution is 2.29. The third-order valence-corrected chi connectivity index (χ3v) is 4.73. The molecule has 5 nitrogen and oxygen atoms in total. The first kappa shape index (κ1) is 15.1. The standard InChI is InChI=1S/C16H10N4OS2/c17-10-12(9-11-5-2-1-3-6-11)14(21)18-16-20-19-15(23-16)13-7-4-8-22-13/h1-9H,(H,18,20,21)/b12-9+. The number of nitriles is 1. The molecule has 0 radical (unpaired) electrons. The van der Waals surface area contributed by atoms with Crippen LogP contribution in [0.4, 0.5) is 5.13 Å². The molecular weight excluding hydrogens is 328 g/mol. The molecule has 1 aromatic carbocycles. The van der Waals surface area contributed by atoms with Crippen LogP contribution in [0.2, 0.25) is 0 Å². The van der Waals surface area contributed by atoms with Gasteiger partial charge in [-0.2, -0.15) is 5.26 Å². The summed E-state index contributed by atoms with van der Waals surface area (Å²) < 4.78 is 0. The minimum Gasteiger partial charge on any atom is -0.296 e. The van der Waals surface area contributed by atoms with Gasteiger partial charge < -0.3 is 0 Å². The first-order chi connectivity index (χ1) is 11.3. The van der Waals surface area contributed by atoms with Gasteiger partial charge in [-0.3, -0.25) is 10.1 Å². The number of nitrogens with one attached hydrogen (secondary N) is 1. The Bertz CT molecular complexity index is 876. The minimum absolute atomic E-state index is 0.0177. The van der Waals surface area contributed by atoms with Crippen molar-refractivity contribution in [1.29, 1.82) is 5.26 Å². The van der Waals surface area contributed by atoms with Crippen LogP contribution in [0.15, 0.2) is 53.4 Å². The van der Waals surface area contributed by atoms with Crippen molar-refractivity contribution in [2.45, 2.75) is 0 Å². The summed E-state index contributed by atoms with van der Waals surface area (Å²) in [4.78, 5) is 13.2. The molecule has 1 amide bonds. The highest BCUT2D eigenvalue weighted by Gasteiger charge is 2.13. The van der Waals surface area contributed by atoms with E-state index in [0.29, 0.717) is 5.13 Å². The molecule has 0 atom stereocenters. The Morgan fingerprint density at radius 2 is 2.00 bits per heavy atom. The fraction of sp³-hybridized carbons (Fsp3) is 0. The molecule has 2 heterocycles. The van der Waals surface area contributed by atoms with Crippen LogP contribution in [0.25, 0.3) is 16.0 Å². The number of hydrogen-bond donors (Lipinski definition) is 1. The summed E-state index contributed by atoms with van der Waals surface area (Å²) in [7, 11) is 0. The second kappa shape index (κ2) is 6.96. The zero-order valence-electron chi connectivity index (χ0n) is 11.8. The first-order valence-electron chi connectivity index (χ1n) is 6.62. The molecule has 3 aromatic rings. The summed E-state index contributed by atoms with van der Waals surface area (Å²) in [5.74, 6) is -0.495. The van der Waals surface area contributed by atoms with Gasteiger partial charge in [-0.1, -0.05) is 47.7 Å². The van der Waals surface area contributed by atoms with Gasteiger partial charge in [-0.25, -0.2) is 0 Å². The van der Waals surface area contributed by atoms with E-state index in [1.54, 1.807) is 11.3 Å². The molecule has 0 aliphatic carbocycles. The Balaban J connectivity index is 1.76. The molecule has 0 aliphatic rings. The number of anilines is 1. The van der Waals surface area contributed by atoms with Gasteiger partial charge in [0.15, 0.2) is 5.01 Å². The Kier molecular flexibility index (Phi) is 4.57. The van der Waals surface area contributed by atoms with Crippen LogP contribution in [0, 0.1) is 11.3 Å². The Hall–Kier alpha value is -2.82. The highest BCUT2D eigenvalue weighted by molar-refractivity contribution is 7.23. The van der Waals surface area contributed by atoms with Crippen LogP contribution >= 0.6 is 22.7 Å². The van der Waals surface area contributed by atoms with Crippen molar-refractivity contribution in [2.75, 3.05) is 5.32 Å². The van der Waals surface area contributed by atoms with Crippen LogP contribution in [0.3, 0.4) is 0 Å². The van der Waals surface area contributed by atoms with E-state index in [9.17, 15) is 10.1 Å². The van der Waals surface area contributed by atoms with Gasteiger partial charge in [0.25, 0.3) is 5.91 Å². The molecule has 0 bridgehead atoms. The van der Waals surface area contributed by atoms with Crippen molar-refractivity contribution in [2.24, 2.45) is 0 Å². The fourth-order valence-electron chi connectivity index (χ4n) is 1.80. The molecule has 2 aromatic heterocycles. The molecular formula is C16H10N4OS2. The Labute approximate surface area is 140 Å². The lowest BCUT2D eigenvalue weighted by molar-refractivity contribution is -0.112. The van der Waals surface area contributed by atoms with Crippen LogP contribution in [-0.4, -0.2) is 16.1 Å². The SMILES string of the molecule is N#C/C(=C\c1ccccc1)C(=O)Nc1nnc(-c2cccs2)s1. The third-order valence-electron chi connectivity index (χ3n) is 2.85. The van der Waals surface area contributed by atoms with Gasteiger partial charge in [0.05, 0.1) is 4.88 Å². The van der Waals surface area contributed by atoms with Gasteiger partial charge in [0, 0.05) is 0 Å². The topological polar surface area (TPSA) is 78.7 Å². The van der Waals surface area contributed by atoms with E-state index in [4.69, 9.17) is 0 Å². The van der Waals surface area contributed by atoms with Gasteiger partial charge >= 0.3 is 0 Å². The second-order valence-corrected chi connectivity index (χ2v) is 6.35. The maximum atomic E-state index is 12.2. The molecule has 7 heteroatoms. The average Bonchev–Trinajstić information content (AvgIpc) is 3.24. The maximum absolute atomic E-state index is 12.2. The summed E-state index contributed by atoms with van der Waals surface area (Å²) >= 11 is 2.83. The predicted octanol–water partition coefficient (Wildman–Crippen LogP) is 3.81.